The number of halogens is 1. The molecule has 5 heteroatoms. The molecule has 0 amide bonds. The van der Waals surface area contributed by atoms with Crippen LogP contribution in [0.25, 0.3) is 0 Å². The van der Waals surface area contributed by atoms with E-state index in [2.05, 4.69) is 34.0 Å². The molecule has 0 unspecified atom stereocenters. The number of nitrogens with one attached hydrogen (secondary N) is 1. The highest BCUT2D eigenvalue weighted by atomic mass is 35.5. The van der Waals surface area contributed by atoms with Crippen LogP contribution in [0.15, 0.2) is 0 Å². The number of nitrogens with zero attached hydrogens (tertiary/aromatic N) is 3. The summed E-state index contributed by atoms with van der Waals surface area (Å²) in [5, 5.41) is 3.73. The van der Waals surface area contributed by atoms with Crippen LogP contribution in [0.5, 0.6) is 0 Å². The summed E-state index contributed by atoms with van der Waals surface area (Å²) in [4.78, 5) is 10.9. The normalized spacial score (nSPS) is 10.9. The minimum atomic E-state index is 0.530. The first kappa shape index (κ1) is 14.2. The molecule has 0 saturated heterocycles. The van der Waals surface area contributed by atoms with Crippen molar-refractivity contribution in [3.8, 4) is 0 Å². The lowest BCUT2D eigenvalue weighted by molar-refractivity contribution is 0.316. The van der Waals surface area contributed by atoms with Crippen LogP contribution in [0.1, 0.15) is 25.1 Å². The van der Waals surface area contributed by atoms with Gasteiger partial charge in [-0.15, -0.1) is 0 Å². The molecule has 0 aromatic carbocycles. The van der Waals surface area contributed by atoms with Gasteiger partial charge in [-0.2, -0.15) is 0 Å². The van der Waals surface area contributed by atoms with Crippen LogP contribution in [0.3, 0.4) is 0 Å². The standard InChI is InChI=1S/C12H21ClN4/c1-5-17(6-2)8-7-14-12-15-10(4)9(3)11(13)16-12/h5-8H2,1-4H3,(H,14,15,16). The van der Waals surface area contributed by atoms with Crippen LogP contribution in [-0.2, 0) is 0 Å². The Labute approximate surface area is 108 Å². The number of anilines is 1. The number of rotatable bonds is 6. The van der Waals surface area contributed by atoms with Crippen LogP contribution in [-0.4, -0.2) is 41.0 Å². The molecule has 0 fully saturated rings. The molecule has 0 aliphatic heterocycles. The van der Waals surface area contributed by atoms with Gasteiger partial charge >= 0.3 is 0 Å². The molecule has 0 saturated carbocycles. The molecule has 0 aliphatic carbocycles. The SMILES string of the molecule is CCN(CC)CCNc1nc(C)c(C)c(Cl)n1. The first-order valence-electron chi connectivity index (χ1n) is 6.05. The number of aryl methyl sites for hydroxylation is 1. The van der Waals surface area contributed by atoms with Gasteiger partial charge in [0.05, 0.1) is 0 Å². The van der Waals surface area contributed by atoms with E-state index in [0.29, 0.717) is 11.1 Å². The van der Waals surface area contributed by atoms with Crippen LogP contribution < -0.4 is 5.32 Å². The van der Waals surface area contributed by atoms with E-state index in [1.54, 1.807) is 0 Å². The Morgan fingerprint density at radius 1 is 1.18 bits per heavy atom. The van der Waals surface area contributed by atoms with Gasteiger partial charge in [0.2, 0.25) is 5.95 Å². The largest absolute Gasteiger partial charge is 0.353 e. The summed E-state index contributed by atoms with van der Waals surface area (Å²) < 4.78 is 0. The molecule has 0 aliphatic rings. The van der Waals surface area contributed by atoms with Crippen molar-refractivity contribution in [2.45, 2.75) is 27.7 Å². The fraction of sp³-hybridized carbons (Fsp3) is 0.667. The van der Waals surface area contributed by atoms with E-state index >= 15 is 0 Å². The third kappa shape index (κ3) is 4.13. The maximum atomic E-state index is 6.01. The molecule has 1 rings (SSSR count). The molecule has 1 heterocycles. The summed E-state index contributed by atoms with van der Waals surface area (Å²) in [6.07, 6.45) is 0. The highest BCUT2D eigenvalue weighted by Crippen LogP contribution is 2.16. The average molecular weight is 257 g/mol. The number of hydrogen-bond donors (Lipinski definition) is 1. The van der Waals surface area contributed by atoms with Gasteiger partial charge in [0.15, 0.2) is 0 Å². The molecule has 17 heavy (non-hydrogen) atoms. The average Bonchev–Trinajstić information content (AvgIpc) is 2.31. The molecule has 1 aromatic heterocycles. The Morgan fingerprint density at radius 3 is 2.35 bits per heavy atom. The fourth-order valence-electron chi connectivity index (χ4n) is 1.54. The lowest BCUT2D eigenvalue weighted by Gasteiger charge is -2.18. The Bertz CT molecular complexity index is 341. The zero-order chi connectivity index (χ0) is 12.8. The van der Waals surface area contributed by atoms with E-state index in [1.807, 2.05) is 13.8 Å². The fourth-order valence-corrected chi connectivity index (χ4v) is 1.76. The third-order valence-electron chi connectivity index (χ3n) is 2.94. The maximum absolute atomic E-state index is 6.01. The highest BCUT2D eigenvalue weighted by Gasteiger charge is 2.05. The lowest BCUT2D eigenvalue weighted by Crippen LogP contribution is -2.29. The molecule has 0 spiro atoms. The Hall–Kier alpha value is -0.870. The van der Waals surface area contributed by atoms with Gasteiger partial charge in [-0.25, -0.2) is 9.97 Å². The first-order chi connectivity index (χ1) is 8.08. The van der Waals surface area contributed by atoms with E-state index in [9.17, 15) is 0 Å². The van der Waals surface area contributed by atoms with E-state index < -0.39 is 0 Å². The Kier molecular flexibility index (Phi) is 5.65. The minimum absolute atomic E-state index is 0.530. The third-order valence-corrected chi connectivity index (χ3v) is 3.30. The predicted octanol–water partition coefficient (Wildman–Crippen LogP) is 2.50. The number of aromatic nitrogens is 2. The summed E-state index contributed by atoms with van der Waals surface area (Å²) in [5.41, 5.74) is 1.87. The van der Waals surface area contributed by atoms with E-state index in [1.165, 1.54) is 0 Å². The Morgan fingerprint density at radius 2 is 1.82 bits per heavy atom. The van der Waals surface area contributed by atoms with E-state index in [4.69, 9.17) is 11.6 Å². The highest BCUT2D eigenvalue weighted by molar-refractivity contribution is 6.30. The van der Waals surface area contributed by atoms with E-state index in [-0.39, 0.29) is 0 Å². The van der Waals surface area contributed by atoms with Crippen LogP contribution in [0, 0.1) is 13.8 Å². The second kappa shape index (κ2) is 6.77. The van der Waals surface area contributed by atoms with Gasteiger partial charge in [0.1, 0.15) is 5.15 Å². The molecular weight excluding hydrogens is 236 g/mol. The summed E-state index contributed by atoms with van der Waals surface area (Å²) in [5.74, 6) is 0.616. The second-order valence-electron chi connectivity index (χ2n) is 4.00. The second-order valence-corrected chi connectivity index (χ2v) is 4.36. The molecule has 4 nitrogen and oxygen atoms in total. The van der Waals surface area contributed by atoms with Crippen molar-refractivity contribution in [2.24, 2.45) is 0 Å². The predicted molar refractivity (Wildman–Crippen MR) is 72.8 cm³/mol. The quantitative estimate of drug-likeness (QED) is 0.794. The molecular formula is C12H21ClN4. The van der Waals surface area contributed by atoms with Gasteiger partial charge in [-0.05, 0) is 26.9 Å². The summed E-state index contributed by atoms with van der Waals surface area (Å²) in [6, 6.07) is 0. The van der Waals surface area contributed by atoms with Gasteiger partial charge < -0.3 is 10.2 Å². The summed E-state index contributed by atoms with van der Waals surface area (Å²) in [7, 11) is 0. The van der Waals surface area contributed by atoms with Crippen molar-refractivity contribution in [3.05, 3.63) is 16.4 Å². The van der Waals surface area contributed by atoms with Gasteiger partial charge in [0, 0.05) is 24.3 Å². The molecule has 0 atom stereocenters. The van der Waals surface area contributed by atoms with Crippen LogP contribution in [0.4, 0.5) is 5.95 Å². The topological polar surface area (TPSA) is 41.0 Å². The molecule has 1 N–H and O–H groups in total. The smallest absolute Gasteiger partial charge is 0.224 e. The number of likely N-dealkylation sites (N-methyl/N-ethyl adjacent to an activating group) is 1. The van der Waals surface area contributed by atoms with Crippen LogP contribution in [0.2, 0.25) is 5.15 Å². The van der Waals surface area contributed by atoms with Crippen molar-refractivity contribution in [2.75, 3.05) is 31.5 Å². The molecule has 1 aromatic rings. The number of hydrogen-bond acceptors (Lipinski definition) is 4. The van der Waals surface area contributed by atoms with Crippen molar-refractivity contribution in [1.82, 2.24) is 14.9 Å². The van der Waals surface area contributed by atoms with Crippen molar-refractivity contribution in [1.29, 1.82) is 0 Å². The van der Waals surface area contributed by atoms with Gasteiger partial charge in [-0.1, -0.05) is 25.4 Å². The van der Waals surface area contributed by atoms with Crippen molar-refractivity contribution < 1.29 is 0 Å². The summed E-state index contributed by atoms with van der Waals surface area (Å²) >= 11 is 6.01. The molecule has 96 valence electrons. The monoisotopic (exact) mass is 256 g/mol. The van der Waals surface area contributed by atoms with Gasteiger partial charge in [-0.3, -0.25) is 0 Å². The van der Waals surface area contributed by atoms with Crippen molar-refractivity contribution in [3.63, 3.8) is 0 Å². The van der Waals surface area contributed by atoms with Crippen molar-refractivity contribution >= 4 is 17.5 Å². The summed E-state index contributed by atoms with van der Waals surface area (Å²) in [6.45, 7) is 12.1. The lowest BCUT2D eigenvalue weighted by atomic mass is 10.3. The molecule has 0 radical (unpaired) electrons. The first-order valence-corrected chi connectivity index (χ1v) is 6.43. The van der Waals surface area contributed by atoms with E-state index in [0.717, 1.165) is 37.4 Å². The van der Waals surface area contributed by atoms with Crippen LogP contribution >= 0.6 is 11.6 Å². The zero-order valence-electron chi connectivity index (χ0n) is 11.0. The van der Waals surface area contributed by atoms with Gasteiger partial charge in [0.25, 0.3) is 0 Å². The maximum Gasteiger partial charge on any atom is 0.224 e. The molecule has 0 bridgehead atoms. The Balaban J connectivity index is 2.52. The zero-order valence-corrected chi connectivity index (χ0v) is 11.8. The minimum Gasteiger partial charge on any atom is -0.353 e.